The van der Waals surface area contributed by atoms with E-state index >= 15 is 0 Å². The van der Waals surface area contributed by atoms with Crippen LogP contribution in [-0.2, 0) is 16.2 Å². The molecule has 1 fully saturated rings. The number of alkyl halides is 3. The smallest absolute Gasteiger partial charge is 0.360 e. The van der Waals surface area contributed by atoms with Gasteiger partial charge in [-0.1, -0.05) is 11.3 Å². The van der Waals surface area contributed by atoms with E-state index in [9.17, 15) is 21.6 Å². The Labute approximate surface area is 149 Å². The van der Waals surface area contributed by atoms with Gasteiger partial charge in [0.1, 0.15) is 0 Å². The summed E-state index contributed by atoms with van der Waals surface area (Å²) in [5.74, 6) is 0.272. The standard InChI is InChI=1S/C14H23F3N4O2S2/c1-13(2,3)25(22,23)21-10-6-4-9(5-7-10)8-18-12-20-19-11(24-12)14(15,16)17/h9-10,21H,4-8H2,1-3H3,(H,18,20). The van der Waals surface area contributed by atoms with Crippen molar-refractivity contribution in [2.24, 2.45) is 5.92 Å². The van der Waals surface area contributed by atoms with Crippen molar-refractivity contribution in [2.75, 3.05) is 11.9 Å². The van der Waals surface area contributed by atoms with Gasteiger partial charge in [-0.05, 0) is 52.4 Å². The number of nitrogens with zero attached hydrogens (tertiary/aromatic N) is 2. The number of nitrogens with one attached hydrogen (secondary N) is 2. The fraction of sp³-hybridized carbons (Fsp3) is 0.857. The van der Waals surface area contributed by atoms with Gasteiger partial charge in [-0.2, -0.15) is 13.2 Å². The second-order valence-electron chi connectivity index (χ2n) is 7.24. The monoisotopic (exact) mass is 400 g/mol. The van der Waals surface area contributed by atoms with Crippen molar-refractivity contribution < 1.29 is 21.6 Å². The minimum absolute atomic E-state index is 0.0844. The highest BCUT2D eigenvalue weighted by Crippen LogP contribution is 2.33. The molecule has 2 N–H and O–H groups in total. The van der Waals surface area contributed by atoms with Crippen molar-refractivity contribution in [2.45, 2.75) is 63.4 Å². The molecular weight excluding hydrogens is 377 g/mol. The van der Waals surface area contributed by atoms with Gasteiger partial charge in [-0.25, -0.2) is 13.1 Å². The number of hydrogen-bond acceptors (Lipinski definition) is 6. The van der Waals surface area contributed by atoms with Crippen molar-refractivity contribution in [1.82, 2.24) is 14.9 Å². The van der Waals surface area contributed by atoms with Crippen LogP contribution in [0.25, 0.3) is 0 Å². The van der Waals surface area contributed by atoms with Gasteiger partial charge in [0.15, 0.2) is 0 Å². The average Bonchev–Trinajstić information content (AvgIpc) is 2.94. The Hall–Kier alpha value is -0.940. The van der Waals surface area contributed by atoms with Gasteiger partial charge in [-0.15, -0.1) is 10.2 Å². The number of anilines is 1. The van der Waals surface area contributed by atoms with Crippen LogP contribution in [0.15, 0.2) is 0 Å². The Bertz CT molecular complexity index is 675. The molecule has 1 aliphatic rings. The molecule has 0 unspecified atom stereocenters. The Morgan fingerprint density at radius 1 is 1.12 bits per heavy atom. The Kier molecular flexibility index (Phi) is 5.99. The van der Waals surface area contributed by atoms with E-state index in [-0.39, 0.29) is 17.1 Å². The molecule has 0 spiro atoms. The van der Waals surface area contributed by atoms with Crippen LogP contribution in [0, 0.1) is 5.92 Å². The van der Waals surface area contributed by atoms with Crippen molar-refractivity contribution in [3.63, 3.8) is 0 Å². The van der Waals surface area contributed by atoms with E-state index in [1.54, 1.807) is 20.8 Å². The zero-order valence-electron chi connectivity index (χ0n) is 14.4. The third-order valence-electron chi connectivity index (χ3n) is 4.18. The summed E-state index contributed by atoms with van der Waals surface area (Å²) in [6.07, 6.45) is -1.44. The van der Waals surface area contributed by atoms with Crippen molar-refractivity contribution in [3.8, 4) is 0 Å². The molecule has 25 heavy (non-hydrogen) atoms. The van der Waals surface area contributed by atoms with Gasteiger partial charge in [0.2, 0.25) is 20.2 Å². The van der Waals surface area contributed by atoms with E-state index in [1.807, 2.05) is 0 Å². The van der Waals surface area contributed by atoms with E-state index in [0.29, 0.717) is 30.7 Å². The first-order valence-electron chi connectivity index (χ1n) is 8.05. The summed E-state index contributed by atoms with van der Waals surface area (Å²) in [5, 5.41) is 8.73. The Morgan fingerprint density at radius 3 is 2.20 bits per heavy atom. The minimum atomic E-state index is -4.47. The molecule has 0 amide bonds. The van der Waals surface area contributed by atoms with E-state index in [0.717, 1.165) is 12.8 Å². The molecule has 144 valence electrons. The first-order valence-corrected chi connectivity index (χ1v) is 10.3. The molecule has 1 aromatic heterocycles. The fourth-order valence-electron chi connectivity index (χ4n) is 2.52. The maximum Gasteiger partial charge on any atom is 0.445 e. The third kappa shape index (κ3) is 5.52. The van der Waals surface area contributed by atoms with E-state index in [1.165, 1.54) is 0 Å². The molecule has 1 aromatic rings. The van der Waals surface area contributed by atoms with Crippen LogP contribution in [0.3, 0.4) is 0 Å². The van der Waals surface area contributed by atoms with Gasteiger partial charge in [-0.3, -0.25) is 0 Å². The van der Waals surface area contributed by atoms with Gasteiger partial charge >= 0.3 is 6.18 Å². The summed E-state index contributed by atoms with van der Waals surface area (Å²) in [5.41, 5.74) is 0. The molecule has 0 aliphatic heterocycles. The second kappa shape index (κ2) is 7.36. The third-order valence-corrected chi connectivity index (χ3v) is 7.37. The lowest BCUT2D eigenvalue weighted by Gasteiger charge is -2.31. The normalized spacial score (nSPS) is 22.8. The summed E-state index contributed by atoms with van der Waals surface area (Å²) in [6, 6.07) is -0.0844. The van der Waals surface area contributed by atoms with E-state index in [4.69, 9.17) is 0 Å². The number of sulfonamides is 1. The van der Waals surface area contributed by atoms with Crippen LogP contribution < -0.4 is 10.0 Å². The molecular formula is C14H23F3N4O2S2. The van der Waals surface area contributed by atoms with Crippen molar-refractivity contribution >= 4 is 26.5 Å². The Balaban J connectivity index is 1.78. The number of rotatable bonds is 5. The molecule has 11 heteroatoms. The zero-order chi connectivity index (χ0) is 18.9. The first kappa shape index (κ1) is 20.4. The predicted octanol–water partition coefficient (Wildman–Crippen LogP) is 3.25. The highest BCUT2D eigenvalue weighted by molar-refractivity contribution is 7.90. The average molecular weight is 400 g/mol. The lowest BCUT2D eigenvalue weighted by molar-refractivity contribution is -0.138. The molecule has 1 saturated carbocycles. The molecule has 1 aliphatic carbocycles. The van der Waals surface area contributed by atoms with Crippen LogP contribution in [0.2, 0.25) is 0 Å². The first-order chi connectivity index (χ1) is 11.4. The van der Waals surface area contributed by atoms with Crippen molar-refractivity contribution in [1.29, 1.82) is 0 Å². The number of aromatic nitrogens is 2. The largest absolute Gasteiger partial charge is 0.445 e. The minimum Gasteiger partial charge on any atom is -0.360 e. The highest BCUT2D eigenvalue weighted by Gasteiger charge is 2.36. The maximum absolute atomic E-state index is 12.5. The van der Waals surface area contributed by atoms with E-state index in [2.05, 4.69) is 20.2 Å². The van der Waals surface area contributed by atoms with Gasteiger partial charge < -0.3 is 5.32 Å². The molecule has 0 saturated heterocycles. The number of halogens is 3. The number of hydrogen-bond donors (Lipinski definition) is 2. The van der Waals surface area contributed by atoms with Gasteiger partial charge in [0, 0.05) is 12.6 Å². The highest BCUT2D eigenvalue weighted by atomic mass is 32.2. The van der Waals surface area contributed by atoms with E-state index < -0.39 is 26.0 Å². The summed E-state index contributed by atoms with van der Waals surface area (Å²) >= 11 is 0.490. The summed E-state index contributed by atoms with van der Waals surface area (Å²) < 4.78 is 63.7. The van der Waals surface area contributed by atoms with Crippen LogP contribution in [0.5, 0.6) is 0 Å². The summed E-state index contributed by atoms with van der Waals surface area (Å²) in [6.45, 7) is 5.47. The predicted molar refractivity (Wildman–Crippen MR) is 91.0 cm³/mol. The second-order valence-corrected chi connectivity index (χ2v) is 10.7. The lowest BCUT2D eigenvalue weighted by atomic mass is 9.86. The molecule has 0 atom stereocenters. The summed E-state index contributed by atoms with van der Waals surface area (Å²) in [4.78, 5) is 0. The topological polar surface area (TPSA) is 84.0 Å². The lowest BCUT2D eigenvalue weighted by Crippen LogP contribution is -2.46. The molecule has 1 heterocycles. The zero-order valence-corrected chi connectivity index (χ0v) is 16.0. The van der Waals surface area contributed by atoms with Crippen LogP contribution >= 0.6 is 11.3 Å². The molecule has 2 rings (SSSR count). The molecule has 0 aromatic carbocycles. The summed E-state index contributed by atoms with van der Waals surface area (Å²) in [7, 11) is -3.37. The maximum atomic E-state index is 12.5. The van der Waals surface area contributed by atoms with Crippen LogP contribution in [0.4, 0.5) is 18.3 Å². The van der Waals surface area contributed by atoms with Gasteiger partial charge in [0.05, 0.1) is 4.75 Å². The molecule has 6 nitrogen and oxygen atoms in total. The van der Waals surface area contributed by atoms with Gasteiger partial charge in [0.25, 0.3) is 0 Å². The molecule has 0 bridgehead atoms. The fourth-order valence-corrected chi connectivity index (χ4v) is 4.17. The quantitative estimate of drug-likeness (QED) is 0.793. The SMILES string of the molecule is CC(C)(C)S(=O)(=O)NC1CCC(CNc2nnc(C(F)(F)F)s2)CC1. The molecule has 0 radical (unpaired) electrons. The van der Waals surface area contributed by atoms with Crippen LogP contribution in [-0.4, -0.2) is 35.9 Å². The van der Waals surface area contributed by atoms with Crippen LogP contribution in [0.1, 0.15) is 51.5 Å². The van der Waals surface area contributed by atoms with Crippen molar-refractivity contribution in [3.05, 3.63) is 5.01 Å². The Morgan fingerprint density at radius 2 is 1.72 bits per heavy atom.